The molecule has 7 nitrogen and oxygen atoms in total. The lowest BCUT2D eigenvalue weighted by molar-refractivity contribution is -0.115. The second-order valence-electron chi connectivity index (χ2n) is 4.65. The van der Waals surface area contributed by atoms with Gasteiger partial charge in [-0.2, -0.15) is 4.80 Å². The smallest absolute Gasteiger partial charge is 0.269 e. The third-order valence-electron chi connectivity index (χ3n) is 2.72. The fourth-order valence-electron chi connectivity index (χ4n) is 1.68. The monoisotopic (exact) mass is 384 g/mol. The first-order valence-corrected chi connectivity index (χ1v) is 8.17. The molecule has 2 aromatic rings. The Labute approximate surface area is 154 Å². The zero-order chi connectivity index (χ0) is 17.5. The Hall–Kier alpha value is -2.03. The molecule has 2 rings (SSSR count). The molecule has 2 N–H and O–H groups in total. The van der Waals surface area contributed by atoms with Crippen molar-refractivity contribution in [1.29, 1.82) is 0 Å². The number of carbonyl (C=O) groups is 1. The molecule has 0 aliphatic heterocycles. The van der Waals surface area contributed by atoms with Gasteiger partial charge in [-0.15, -0.1) is 5.10 Å². The molecule has 0 spiro atoms. The minimum atomic E-state index is -0.417. The van der Waals surface area contributed by atoms with Gasteiger partial charge in [0.2, 0.25) is 5.91 Å². The van der Waals surface area contributed by atoms with Crippen LogP contribution in [-0.4, -0.2) is 31.2 Å². The number of amides is 1. The van der Waals surface area contributed by atoms with Crippen molar-refractivity contribution < 1.29 is 4.79 Å². The number of thiocarbonyl (C=S) groups is 1. The van der Waals surface area contributed by atoms with Crippen LogP contribution in [0.15, 0.2) is 24.3 Å². The summed E-state index contributed by atoms with van der Waals surface area (Å²) in [5, 5.41) is 17.9. The zero-order valence-electron chi connectivity index (χ0n) is 12.7. The van der Waals surface area contributed by atoms with E-state index in [1.54, 1.807) is 24.3 Å². The highest BCUT2D eigenvalue weighted by Crippen LogP contribution is 2.21. The number of carbonyl (C=O) groups excluding carboxylic acids is 1. The lowest BCUT2D eigenvalue weighted by atomic mass is 10.2. The Bertz CT molecular complexity index is 776. The van der Waals surface area contributed by atoms with Crippen molar-refractivity contribution in [3.05, 3.63) is 39.9 Å². The summed E-state index contributed by atoms with van der Waals surface area (Å²) in [5.74, 6) is -0.196. The largest absolute Gasteiger partial charge is 0.299 e. The van der Waals surface area contributed by atoms with Crippen LogP contribution >= 0.6 is 35.4 Å². The molecule has 0 saturated heterocycles. The molecule has 1 heterocycles. The van der Waals surface area contributed by atoms with E-state index in [4.69, 9.17) is 35.4 Å². The fourth-order valence-corrected chi connectivity index (χ4v) is 2.34. The summed E-state index contributed by atoms with van der Waals surface area (Å²) in [4.78, 5) is 13.3. The van der Waals surface area contributed by atoms with Crippen LogP contribution in [0.4, 0.5) is 5.95 Å². The SMILES string of the molecule is CCCn1nnc(NC(=S)NC(=O)/C=C/c2ccc(Cl)cc2Cl)n1. The van der Waals surface area contributed by atoms with Crippen molar-refractivity contribution in [2.24, 2.45) is 0 Å². The summed E-state index contributed by atoms with van der Waals surface area (Å²) in [6, 6.07) is 4.99. The summed E-state index contributed by atoms with van der Waals surface area (Å²) >= 11 is 16.9. The number of benzene rings is 1. The van der Waals surface area contributed by atoms with Crippen LogP contribution < -0.4 is 10.6 Å². The molecule has 10 heteroatoms. The van der Waals surface area contributed by atoms with Crippen LogP contribution in [0.5, 0.6) is 0 Å². The first kappa shape index (κ1) is 18.3. The molecule has 0 bridgehead atoms. The zero-order valence-corrected chi connectivity index (χ0v) is 15.0. The first-order valence-electron chi connectivity index (χ1n) is 7.01. The summed E-state index contributed by atoms with van der Waals surface area (Å²) in [7, 11) is 0. The van der Waals surface area contributed by atoms with E-state index in [1.807, 2.05) is 6.92 Å². The molecule has 0 fully saturated rings. The van der Waals surface area contributed by atoms with Crippen LogP contribution in [0.2, 0.25) is 10.0 Å². The molecule has 0 radical (unpaired) electrons. The van der Waals surface area contributed by atoms with E-state index < -0.39 is 5.91 Å². The van der Waals surface area contributed by atoms with E-state index in [1.165, 1.54) is 10.9 Å². The Morgan fingerprint density at radius 3 is 2.92 bits per heavy atom. The average Bonchev–Trinajstić information content (AvgIpc) is 2.93. The second kappa shape index (κ2) is 8.72. The minimum Gasteiger partial charge on any atom is -0.299 e. The Kier molecular flexibility index (Phi) is 6.65. The van der Waals surface area contributed by atoms with Crippen molar-refractivity contribution in [2.75, 3.05) is 5.32 Å². The maximum atomic E-state index is 11.8. The summed E-state index contributed by atoms with van der Waals surface area (Å²) in [6.07, 6.45) is 3.76. The molecule has 126 valence electrons. The standard InChI is InChI=1S/C14H14Cl2N6OS/c1-2-7-22-20-13(19-21-22)18-14(24)17-12(23)6-4-9-3-5-10(15)8-11(9)16/h3-6,8H,2,7H2,1H3,(H2,17,18,20,23,24)/b6-4+. The van der Waals surface area contributed by atoms with Gasteiger partial charge < -0.3 is 0 Å². The van der Waals surface area contributed by atoms with Gasteiger partial charge in [0.25, 0.3) is 5.95 Å². The summed E-state index contributed by atoms with van der Waals surface area (Å²) in [6.45, 7) is 2.65. The Morgan fingerprint density at radius 1 is 1.42 bits per heavy atom. The molecular weight excluding hydrogens is 371 g/mol. The molecule has 24 heavy (non-hydrogen) atoms. The number of aryl methyl sites for hydroxylation is 1. The molecule has 0 unspecified atom stereocenters. The lowest BCUT2D eigenvalue weighted by Crippen LogP contribution is -2.33. The molecule has 0 saturated carbocycles. The van der Waals surface area contributed by atoms with Gasteiger partial charge in [-0.25, -0.2) is 0 Å². The van der Waals surface area contributed by atoms with E-state index >= 15 is 0 Å². The number of anilines is 1. The first-order chi connectivity index (χ1) is 11.5. The number of tetrazole rings is 1. The van der Waals surface area contributed by atoms with Crippen LogP contribution in [0.3, 0.4) is 0 Å². The minimum absolute atomic E-state index is 0.0721. The molecule has 0 atom stereocenters. The number of nitrogens with zero attached hydrogens (tertiary/aromatic N) is 4. The highest BCUT2D eigenvalue weighted by Gasteiger charge is 2.06. The number of hydrogen-bond donors (Lipinski definition) is 2. The van der Waals surface area contributed by atoms with Crippen LogP contribution in [-0.2, 0) is 11.3 Å². The van der Waals surface area contributed by atoms with Gasteiger partial charge in [-0.05, 0) is 47.6 Å². The Morgan fingerprint density at radius 2 is 2.21 bits per heavy atom. The van der Waals surface area contributed by atoms with E-state index in [0.717, 1.165) is 6.42 Å². The van der Waals surface area contributed by atoms with E-state index in [9.17, 15) is 4.79 Å². The molecule has 1 aromatic carbocycles. The lowest BCUT2D eigenvalue weighted by Gasteiger charge is -2.03. The second-order valence-corrected chi connectivity index (χ2v) is 5.90. The average molecular weight is 385 g/mol. The molecule has 0 aliphatic carbocycles. The van der Waals surface area contributed by atoms with Gasteiger partial charge in [-0.3, -0.25) is 15.4 Å². The third-order valence-corrected chi connectivity index (χ3v) is 3.48. The molecule has 1 amide bonds. The topological polar surface area (TPSA) is 84.7 Å². The van der Waals surface area contributed by atoms with E-state index in [0.29, 0.717) is 22.2 Å². The number of aromatic nitrogens is 4. The van der Waals surface area contributed by atoms with Gasteiger partial charge in [0, 0.05) is 16.1 Å². The quantitative estimate of drug-likeness (QED) is 0.608. The van der Waals surface area contributed by atoms with Crippen molar-refractivity contribution in [2.45, 2.75) is 19.9 Å². The maximum Gasteiger partial charge on any atom is 0.269 e. The van der Waals surface area contributed by atoms with Gasteiger partial charge in [0.15, 0.2) is 5.11 Å². The maximum absolute atomic E-state index is 11.8. The van der Waals surface area contributed by atoms with Crippen molar-refractivity contribution in [1.82, 2.24) is 25.5 Å². The summed E-state index contributed by atoms with van der Waals surface area (Å²) < 4.78 is 0. The highest BCUT2D eigenvalue weighted by atomic mass is 35.5. The van der Waals surface area contributed by atoms with Crippen molar-refractivity contribution >= 4 is 58.5 Å². The van der Waals surface area contributed by atoms with Crippen LogP contribution in [0.1, 0.15) is 18.9 Å². The fraction of sp³-hybridized carbons (Fsp3) is 0.214. The Balaban J connectivity index is 1.88. The predicted molar refractivity (Wildman–Crippen MR) is 98.0 cm³/mol. The predicted octanol–water partition coefficient (Wildman–Crippen LogP) is 2.92. The highest BCUT2D eigenvalue weighted by molar-refractivity contribution is 7.80. The third kappa shape index (κ3) is 5.55. The van der Waals surface area contributed by atoms with Crippen molar-refractivity contribution in [3.63, 3.8) is 0 Å². The summed E-state index contributed by atoms with van der Waals surface area (Å²) in [5.41, 5.74) is 0.666. The molecular formula is C14H14Cl2N6OS. The van der Waals surface area contributed by atoms with Gasteiger partial charge in [0.05, 0.1) is 6.54 Å². The normalized spacial score (nSPS) is 10.8. The van der Waals surface area contributed by atoms with Gasteiger partial charge in [0.1, 0.15) is 0 Å². The number of nitrogens with one attached hydrogen (secondary N) is 2. The van der Waals surface area contributed by atoms with Crippen molar-refractivity contribution in [3.8, 4) is 0 Å². The van der Waals surface area contributed by atoms with E-state index in [-0.39, 0.29) is 11.1 Å². The number of rotatable bonds is 5. The van der Waals surface area contributed by atoms with Gasteiger partial charge >= 0.3 is 0 Å². The number of halogens is 2. The van der Waals surface area contributed by atoms with Crippen LogP contribution in [0.25, 0.3) is 6.08 Å². The molecule has 0 aliphatic rings. The van der Waals surface area contributed by atoms with Crippen LogP contribution in [0, 0.1) is 0 Å². The van der Waals surface area contributed by atoms with Gasteiger partial charge in [-0.1, -0.05) is 41.3 Å². The molecule has 1 aromatic heterocycles. The van der Waals surface area contributed by atoms with E-state index in [2.05, 4.69) is 26.0 Å². The number of hydrogen-bond acceptors (Lipinski definition) is 5.